The van der Waals surface area contributed by atoms with Crippen molar-refractivity contribution in [2.24, 2.45) is 5.92 Å². The molecule has 1 rings (SSSR count). The van der Waals surface area contributed by atoms with Crippen molar-refractivity contribution in [2.45, 2.75) is 58.4 Å². The van der Waals surface area contributed by atoms with Gasteiger partial charge in [0.2, 0.25) is 5.91 Å². The Kier molecular flexibility index (Phi) is 4.26. The zero-order valence-electron chi connectivity index (χ0n) is 8.81. The molecule has 0 saturated heterocycles. The first-order valence-electron chi connectivity index (χ1n) is 5.55. The summed E-state index contributed by atoms with van der Waals surface area (Å²) in [7, 11) is 0. The Morgan fingerprint density at radius 2 is 2.15 bits per heavy atom. The van der Waals surface area contributed by atoms with Crippen LogP contribution in [0.15, 0.2) is 0 Å². The lowest BCUT2D eigenvalue weighted by molar-refractivity contribution is -0.121. The highest BCUT2D eigenvalue weighted by Gasteiger charge is 2.23. The second-order valence-corrected chi connectivity index (χ2v) is 4.10. The van der Waals surface area contributed by atoms with Gasteiger partial charge in [-0.15, -0.1) is 0 Å². The van der Waals surface area contributed by atoms with Crippen LogP contribution in [0.5, 0.6) is 0 Å². The Hall–Kier alpha value is -0.530. The SMILES string of the molecule is CCCC(=O)NC1CCC(CC)C1. The normalized spacial score (nSPS) is 27.5. The first-order chi connectivity index (χ1) is 6.26. The molecule has 0 radical (unpaired) electrons. The molecule has 76 valence electrons. The van der Waals surface area contributed by atoms with E-state index in [1.54, 1.807) is 0 Å². The second-order valence-electron chi connectivity index (χ2n) is 4.10. The van der Waals surface area contributed by atoms with Gasteiger partial charge in [-0.25, -0.2) is 0 Å². The van der Waals surface area contributed by atoms with Gasteiger partial charge in [0.05, 0.1) is 0 Å². The van der Waals surface area contributed by atoms with Crippen molar-refractivity contribution in [1.82, 2.24) is 5.32 Å². The number of rotatable bonds is 4. The summed E-state index contributed by atoms with van der Waals surface area (Å²) >= 11 is 0. The topological polar surface area (TPSA) is 29.1 Å². The number of hydrogen-bond acceptors (Lipinski definition) is 1. The van der Waals surface area contributed by atoms with Crippen LogP contribution in [0.25, 0.3) is 0 Å². The quantitative estimate of drug-likeness (QED) is 0.712. The Labute approximate surface area is 81.1 Å². The van der Waals surface area contributed by atoms with Gasteiger partial charge in [0.25, 0.3) is 0 Å². The highest BCUT2D eigenvalue weighted by atomic mass is 16.1. The number of carbonyl (C=O) groups excluding carboxylic acids is 1. The van der Waals surface area contributed by atoms with Crippen molar-refractivity contribution in [2.75, 3.05) is 0 Å². The van der Waals surface area contributed by atoms with Crippen LogP contribution >= 0.6 is 0 Å². The van der Waals surface area contributed by atoms with Crippen molar-refractivity contribution in [3.8, 4) is 0 Å². The molecule has 0 spiro atoms. The highest BCUT2D eigenvalue weighted by Crippen LogP contribution is 2.27. The van der Waals surface area contributed by atoms with Crippen LogP contribution < -0.4 is 5.32 Å². The Morgan fingerprint density at radius 3 is 2.69 bits per heavy atom. The molecule has 1 aliphatic carbocycles. The van der Waals surface area contributed by atoms with E-state index in [1.165, 1.54) is 25.7 Å². The molecular formula is C11H21NO. The second kappa shape index (κ2) is 5.25. The van der Waals surface area contributed by atoms with Crippen molar-refractivity contribution < 1.29 is 4.79 Å². The van der Waals surface area contributed by atoms with Gasteiger partial charge in [0.1, 0.15) is 0 Å². The molecule has 2 heteroatoms. The van der Waals surface area contributed by atoms with E-state index in [0.717, 1.165) is 12.3 Å². The average molecular weight is 183 g/mol. The third kappa shape index (κ3) is 3.37. The molecule has 1 aliphatic rings. The predicted molar refractivity (Wildman–Crippen MR) is 54.5 cm³/mol. The summed E-state index contributed by atoms with van der Waals surface area (Å²) < 4.78 is 0. The summed E-state index contributed by atoms with van der Waals surface area (Å²) in [6.07, 6.45) is 6.59. The van der Waals surface area contributed by atoms with E-state index in [2.05, 4.69) is 12.2 Å². The molecule has 0 bridgehead atoms. The van der Waals surface area contributed by atoms with Gasteiger partial charge in [-0.3, -0.25) is 4.79 Å². The van der Waals surface area contributed by atoms with Crippen molar-refractivity contribution in [1.29, 1.82) is 0 Å². The van der Waals surface area contributed by atoms with E-state index in [0.29, 0.717) is 12.5 Å². The van der Waals surface area contributed by atoms with E-state index >= 15 is 0 Å². The Morgan fingerprint density at radius 1 is 1.38 bits per heavy atom. The van der Waals surface area contributed by atoms with Crippen molar-refractivity contribution >= 4 is 5.91 Å². The van der Waals surface area contributed by atoms with Gasteiger partial charge in [-0.05, 0) is 31.6 Å². The molecule has 0 aromatic heterocycles. The van der Waals surface area contributed by atoms with Crippen LogP contribution in [0, 0.1) is 5.92 Å². The minimum Gasteiger partial charge on any atom is -0.353 e. The van der Waals surface area contributed by atoms with E-state index < -0.39 is 0 Å². The molecule has 0 aromatic carbocycles. The summed E-state index contributed by atoms with van der Waals surface area (Å²) in [4.78, 5) is 11.3. The summed E-state index contributed by atoms with van der Waals surface area (Å²) in [6, 6.07) is 0.476. The third-order valence-corrected chi connectivity index (χ3v) is 2.96. The van der Waals surface area contributed by atoms with Crippen LogP contribution in [0.4, 0.5) is 0 Å². The molecule has 2 nitrogen and oxygen atoms in total. The van der Waals surface area contributed by atoms with Crippen LogP contribution in [0.1, 0.15) is 52.4 Å². The minimum absolute atomic E-state index is 0.240. The van der Waals surface area contributed by atoms with Crippen LogP contribution in [-0.2, 0) is 4.79 Å². The van der Waals surface area contributed by atoms with Crippen LogP contribution in [0.2, 0.25) is 0 Å². The lowest BCUT2D eigenvalue weighted by Gasteiger charge is -2.12. The predicted octanol–water partition coefficient (Wildman–Crippen LogP) is 2.48. The smallest absolute Gasteiger partial charge is 0.220 e. The van der Waals surface area contributed by atoms with E-state index in [1.807, 2.05) is 6.92 Å². The molecule has 2 atom stereocenters. The van der Waals surface area contributed by atoms with Gasteiger partial charge in [0.15, 0.2) is 0 Å². The van der Waals surface area contributed by atoms with E-state index in [-0.39, 0.29) is 5.91 Å². The van der Waals surface area contributed by atoms with E-state index in [4.69, 9.17) is 0 Å². The molecule has 13 heavy (non-hydrogen) atoms. The molecule has 2 unspecified atom stereocenters. The molecular weight excluding hydrogens is 162 g/mol. The van der Waals surface area contributed by atoms with Gasteiger partial charge < -0.3 is 5.32 Å². The lowest BCUT2D eigenvalue weighted by Crippen LogP contribution is -2.32. The average Bonchev–Trinajstić information content (AvgIpc) is 2.52. The van der Waals surface area contributed by atoms with Gasteiger partial charge >= 0.3 is 0 Å². The summed E-state index contributed by atoms with van der Waals surface area (Å²) in [6.45, 7) is 4.28. The summed E-state index contributed by atoms with van der Waals surface area (Å²) in [5, 5.41) is 3.11. The largest absolute Gasteiger partial charge is 0.353 e. The maximum Gasteiger partial charge on any atom is 0.220 e. The molecule has 1 fully saturated rings. The van der Waals surface area contributed by atoms with Gasteiger partial charge in [0, 0.05) is 12.5 Å². The first kappa shape index (κ1) is 10.6. The summed E-state index contributed by atoms with van der Waals surface area (Å²) in [5.41, 5.74) is 0. The Balaban J connectivity index is 2.19. The number of nitrogens with one attached hydrogen (secondary N) is 1. The zero-order valence-corrected chi connectivity index (χ0v) is 8.81. The lowest BCUT2D eigenvalue weighted by atomic mass is 10.1. The number of carbonyl (C=O) groups is 1. The number of amides is 1. The van der Waals surface area contributed by atoms with Crippen molar-refractivity contribution in [3.63, 3.8) is 0 Å². The zero-order chi connectivity index (χ0) is 9.68. The fourth-order valence-corrected chi connectivity index (χ4v) is 2.10. The minimum atomic E-state index is 0.240. The maximum atomic E-state index is 11.3. The monoisotopic (exact) mass is 183 g/mol. The number of hydrogen-bond donors (Lipinski definition) is 1. The molecule has 1 N–H and O–H groups in total. The molecule has 0 heterocycles. The van der Waals surface area contributed by atoms with Crippen molar-refractivity contribution in [3.05, 3.63) is 0 Å². The fraction of sp³-hybridized carbons (Fsp3) is 0.909. The highest BCUT2D eigenvalue weighted by molar-refractivity contribution is 5.76. The van der Waals surface area contributed by atoms with Gasteiger partial charge in [-0.1, -0.05) is 20.3 Å². The van der Waals surface area contributed by atoms with Gasteiger partial charge in [-0.2, -0.15) is 0 Å². The fourth-order valence-electron chi connectivity index (χ4n) is 2.10. The third-order valence-electron chi connectivity index (χ3n) is 2.96. The van der Waals surface area contributed by atoms with E-state index in [9.17, 15) is 4.79 Å². The summed E-state index contributed by atoms with van der Waals surface area (Å²) in [5.74, 6) is 1.09. The van der Waals surface area contributed by atoms with Crippen LogP contribution in [0.3, 0.4) is 0 Å². The molecule has 0 aromatic rings. The molecule has 1 amide bonds. The molecule has 0 aliphatic heterocycles. The molecule has 1 saturated carbocycles. The standard InChI is InChI=1S/C11H21NO/c1-3-5-11(13)12-10-7-6-9(4-2)8-10/h9-10H,3-8H2,1-2H3,(H,12,13). The van der Waals surface area contributed by atoms with Crippen LogP contribution in [-0.4, -0.2) is 11.9 Å². The first-order valence-corrected chi connectivity index (χ1v) is 5.55. The Bertz CT molecular complexity index is 167. The maximum absolute atomic E-state index is 11.3.